The zero-order valence-electron chi connectivity index (χ0n) is 17.1. The molecule has 0 fully saturated rings. The summed E-state index contributed by atoms with van der Waals surface area (Å²) in [5.41, 5.74) is 2.70. The Morgan fingerprint density at radius 1 is 1.15 bits per heavy atom. The summed E-state index contributed by atoms with van der Waals surface area (Å²) >= 11 is -0.473. The number of thiophene rings is 1. The number of hydrogen-bond donors (Lipinski definition) is 2. The second-order valence-corrected chi connectivity index (χ2v) is 11.6. The number of nitrogens with zero attached hydrogens (tertiary/aromatic N) is 4. The van der Waals surface area contributed by atoms with E-state index < -0.39 is 43.6 Å². The van der Waals surface area contributed by atoms with Crippen LogP contribution >= 0.6 is 32.4 Å². The number of aryl methyl sites for hydroxylation is 1. The van der Waals surface area contributed by atoms with Gasteiger partial charge in [-0.3, -0.25) is 4.79 Å². The minimum absolute atomic E-state index is 0.407. The molecule has 0 amide bonds. The Labute approximate surface area is 205 Å². The molecule has 0 saturated heterocycles. The molecule has 2 N–H and O–H groups in total. The molecule has 0 saturated carbocycles. The molecule has 2 aliphatic heterocycles. The maximum atomic E-state index is 13.3. The average Bonchev–Trinajstić information content (AvgIpc) is 3.22. The van der Waals surface area contributed by atoms with Crippen molar-refractivity contribution in [1.29, 1.82) is 0 Å². The standard InChI is InChI=1S/C22H16IN5O3S2/c29-21-19-17(18-20(32-19)26-23-12-24-18)25-22(30)28(21)14-7-3-8-15(11-14)33(31)27-10-4-6-13-5-1-2-9-16(13)27/h1-3,5,7-9,11-12,31H,4,6,10H2/p+1. The molecule has 0 radical (unpaired) electrons. The van der Waals surface area contributed by atoms with E-state index >= 15 is 0 Å². The Morgan fingerprint density at radius 3 is 2.94 bits per heavy atom. The van der Waals surface area contributed by atoms with Gasteiger partial charge in [-0.25, -0.2) is 17.5 Å². The Morgan fingerprint density at radius 2 is 2.03 bits per heavy atom. The Hall–Kier alpha value is -2.61. The normalized spacial score (nSPS) is 15.7. The maximum Gasteiger partial charge on any atom is 0.333 e. The van der Waals surface area contributed by atoms with Crippen LogP contribution in [0.1, 0.15) is 12.0 Å². The molecule has 2 aromatic heterocycles. The molecule has 0 bridgehead atoms. The number of nitrogens with one attached hydrogen (secondary N) is 1. The lowest BCUT2D eigenvalue weighted by atomic mass is 10.0. The molecule has 0 aliphatic carbocycles. The van der Waals surface area contributed by atoms with Gasteiger partial charge in [-0.1, -0.05) is 24.3 Å². The van der Waals surface area contributed by atoms with Crippen molar-refractivity contribution in [2.45, 2.75) is 17.7 Å². The molecular formula is C22H17IN5O3S2+. The zero-order chi connectivity index (χ0) is 22.5. The molecule has 33 heavy (non-hydrogen) atoms. The number of aliphatic imine (C=N–C) groups is 1. The first-order chi connectivity index (χ1) is 16.1. The zero-order valence-corrected chi connectivity index (χ0v) is 20.9. The van der Waals surface area contributed by atoms with Crippen LogP contribution in [0.25, 0.3) is 15.9 Å². The van der Waals surface area contributed by atoms with E-state index in [1.54, 1.807) is 22.4 Å². The molecule has 4 heterocycles. The van der Waals surface area contributed by atoms with Crippen LogP contribution in [0.4, 0.5) is 16.4 Å². The van der Waals surface area contributed by atoms with E-state index in [2.05, 4.69) is 19.2 Å². The highest BCUT2D eigenvalue weighted by Crippen LogP contribution is 2.45. The van der Waals surface area contributed by atoms with Crippen LogP contribution in [-0.4, -0.2) is 24.9 Å². The minimum Gasteiger partial charge on any atom is -0.304 e. The number of H-pyrrole nitrogens is 1. The third-order valence-corrected chi connectivity index (χ3v) is 9.76. The van der Waals surface area contributed by atoms with Crippen LogP contribution in [0.5, 0.6) is 0 Å². The number of aromatic nitrogens is 2. The number of fused-ring (bicyclic) bond motifs is 4. The van der Waals surface area contributed by atoms with Crippen molar-refractivity contribution < 1.29 is 4.55 Å². The van der Waals surface area contributed by atoms with Crippen molar-refractivity contribution in [3.63, 3.8) is 0 Å². The summed E-state index contributed by atoms with van der Waals surface area (Å²) in [6, 6.07) is 15.1. The molecule has 8 nitrogen and oxygen atoms in total. The average molecular weight is 590 g/mol. The highest BCUT2D eigenvalue weighted by atomic mass is 127. The fourth-order valence-corrected chi connectivity index (χ4v) is 7.95. The Kier molecular flexibility index (Phi) is 5.28. The molecule has 6 rings (SSSR count). The van der Waals surface area contributed by atoms with E-state index in [-0.39, 0.29) is 0 Å². The van der Waals surface area contributed by atoms with Crippen molar-refractivity contribution in [1.82, 2.24) is 9.55 Å². The molecule has 2 aromatic carbocycles. The number of benzene rings is 2. The molecule has 0 spiro atoms. The van der Waals surface area contributed by atoms with Gasteiger partial charge in [0, 0.05) is 27.1 Å². The molecule has 1 atom stereocenters. The van der Waals surface area contributed by atoms with Gasteiger partial charge >= 0.3 is 17.1 Å². The minimum atomic E-state index is -1.22. The predicted octanol–water partition coefficient (Wildman–Crippen LogP) is 5.02. The van der Waals surface area contributed by atoms with E-state index in [0.717, 1.165) is 29.6 Å². The summed E-state index contributed by atoms with van der Waals surface area (Å²) in [6.45, 7) is 0.737. The number of para-hydroxylation sites is 1. The van der Waals surface area contributed by atoms with Crippen LogP contribution in [0.15, 0.2) is 71.2 Å². The van der Waals surface area contributed by atoms with Crippen molar-refractivity contribution in [2.24, 2.45) is 8.14 Å². The topological polar surface area (TPSA) is 103 Å². The number of rotatable bonds is 3. The quantitative estimate of drug-likeness (QED) is 0.259. The lowest BCUT2D eigenvalue weighted by molar-refractivity contribution is 0.625. The summed E-state index contributed by atoms with van der Waals surface area (Å²) in [5.74, 6) is 0. The summed E-state index contributed by atoms with van der Waals surface area (Å²) in [4.78, 5) is 34.1. The van der Waals surface area contributed by atoms with Gasteiger partial charge in [-0.2, -0.15) is 8.86 Å². The fourth-order valence-electron chi connectivity index (χ4n) is 4.12. The van der Waals surface area contributed by atoms with Gasteiger partial charge in [0.25, 0.3) is 5.56 Å². The lowest BCUT2D eigenvalue weighted by Gasteiger charge is -2.25. The summed E-state index contributed by atoms with van der Waals surface area (Å²) in [7, 11) is 0. The van der Waals surface area contributed by atoms with E-state index in [1.807, 2.05) is 28.6 Å². The van der Waals surface area contributed by atoms with Crippen molar-refractivity contribution in [2.75, 3.05) is 10.8 Å². The van der Waals surface area contributed by atoms with Gasteiger partial charge in [0.05, 0.1) is 27.7 Å². The molecule has 4 aromatic rings. The van der Waals surface area contributed by atoms with Crippen molar-refractivity contribution in [3.05, 3.63) is 74.9 Å². The molecule has 166 valence electrons. The summed E-state index contributed by atoms with van der Waals surface area (Å²) in [6.07, 6.45) is 1.94. The molecule has 11 heteroatoms. The number of anilines is 1. The van der Waals surface area contributed by atoms with Crippen LogP contribution in [-0.2, 0) is 17.8 Å². The Bertz CT molecular complexity index is 1590. The molecular weight excluding hydrogens is 573 g/mol. The monoisotopic (exact) mass is 590 g/mol. The van der Waals surface area contributed by atoms with Gasteiger partial charge < -0.3 is 4.98 Å². The van der Waals surface area contributed by atoms with Gasteiger partial charge in [0.2, 0.25) is 4.90 Å². The largest absolute Gasteiger partial charge is 0.333 e. The van der Waals surface area contributed by atoms with Crippen LogP contribution in [0, 0.1) is 0 Å². The summed E-state index contributed by atoms with van der Waals surface area (Å²) < 4.78 is 21.0. The summed E-state index contributed by atoms with van der Waals surface area (Å²) in [5, 5.41) is 0.695. The first kappa shape index (κ1) is 21.0. The van der Waals surface area contributed by atoms with E-state index in [9.17, 15) is 14.1 Å². The van der Waals surface area contributed by atoms with Gasteiger partial charge in [0.15, 0.2) is 5.00 Å². The highest BCUT2D eigenvalue weighted by Gasteiger charge is 2.34. The first-order valence-electron chi connectivity index (χ1n) is 10.2. The second-order valence-electron chi connectivity index (χ2n) is 7.54. The number of aromatic amines is 1. The Balaban J connectivity index is 1.44. The van der Waals surface area contributed by atoms with Crippen LogP contribution in [0.2, 0.25) is 0 Å². The van der Waals surface area contributed by atoms with Crippen molar-refractivity contribution in [3.8, 4) is 5.69 Å². The van der Waals surface area contributed by atoms with Gasteiger partial charge in [-0.15, -0.1) is 11.3 Å². The van der Waals surface area contributed by atoms with Gasteiger partial charge in [0.1, 0.15) is 10.4 Å². The van der Waals surface area contributed by atoms with E-state index in [4.69, 9.17) is 0 Å². The third kappa shape index (κ3) is 3.50. The number of halogens is 1. The third-order valence-electron chi connectivity index (χ3n) is 5.61. The molecule has 1 unspecified atom stereocenters. The van der Waals surface area contributed by atoms with Gasteiger partial charge in [-0.05, 0) is 36.6 Å². The maximum absolute atomic E-state index is 13.3. The van der Waals surface area contributed by atoms with Crippen molar-refractivity contribution >= 4 is 74.5 Å². The smallest absolute Gasteiger partial charge is 0.304 e. The van der Waals surface area contributed by atoms with Crippen LogP contribution in [0.3, 0.4) is 0 Å². The van der Waals surface area contributed by atoms with E-state index in [1.165, 1.54) is 16.9 Å². The van der Waals surface area contributed by atoms with E-state index in [0.29, 0.717) is 31.5 Å². The lowest BCUT2D eigenvalue weighted by Crippen LogP contribution is -2.36. The number of hydrogen-bond acceptors (Lipinski definition) is 7. The van der Waals surface area contributed by atoms with Crippen LogP contribution < -0.4 is 15.6 Å². The first-order valence-corrected chi connectivity index (χ1v) is 14.4. The predicted molar refractivity (Wildman–Crippen MR) is 143 cm³/mol. The molecule has 2 aliphatic rings. The SMILES string of the molecule is O=c1[nH]c2c3c(sc2c(=O)n1-c1cccc([S+](O)N2CCCc4ccccc42)c1)N=IC=N3. The fraction of sp³-hybridized carbons (Fsp3) is 0.136. The highest BCUT2D eigenvalue weighted by molar-refractivity contribution is 14.2. The second kappa shape index (κ2) is 8.31.